The van der Waals surface area contributed by atoms with Gasteiger partial charge in [-0.3, -0.25) is 0 Å². The van der Waals surface area contributed by atoms with E-state index in [2.05, 4.69) is 136 Å². The first-order valence-corrected chi connectivity index (χ1v) is 16.3. The zero-order valence-electron chi connectivity index (χ0n) is 23.5. The van der Waals surface area contributed by atoms with Crippen molar-refractivity contribution in [2.75, 3.05) is 0 Å². The summed E-state index contributed by atoms with van der Waals surface area (Å²) in [4.78, 5) is 0. The van der Waals surface area contributed by atoms with Gasteiger partial charge in [-0.05, 0) is 57.8 Å². The normalized spacial score (nSPS) is 12.0. The Bertz CT molecular complexity index is 1160. The summed E-state index contributed by atoms with van der Waals surface area (Å²) in [7, 11) is -2.50. The molecular weight excluding hydrogens is 476 g/mol. The summed E-state index contributed by atoms with van der Waals surface area (Å²) >= 11 is 0. The van der Waals surface area contributed by atoms with Gasteiger partial charge in [-0.15, -0.1) is 0 Å². The lowest BCUT2D eigenvalue weighted by Crippen LogP contribution is -2.66. The Kier molecular flexibility index (Phi) is 10.1. The lowest BCUT2D eigenvalue weighted by atomic mass is 10.0. The summed E-state index contributed by atoms with van der Waals surface area (Å²) in [6.45, 7) is 7.65. The Morgan fingerprint density at radius 2 is 0.868 bits per heavy atom. The number of hydrogen-bond donors (Lipinski definition) is 0. The van der Waals surface area contributed by atoms with Crippen LogP contribution >= 0.6 is 0 Å². The van der Waals surface area contributed by atoms with Gasteiger partial charge in [0.05, 0.1) is 6.61 Å². The van der Waals surface area contributed by atoms with Crippen LogP contribution in [0.5, 0.6) is 0 Å². The molecule has 0 aliphatic heterocycles. The lowest BCUT2D eigenvalue weighted by molar-refractivity contribution is 0.286. The molecule has 0 spiro atoms. The molecule has 0 amide bonds. The van der Waals surface area contributed by atoms with Gasteiger partial charge in [0.2, 0.25) is 0 Å². The topological polar surface area (TPSA) is 9.23 Å². The van der Waals surface area contributed by atoms with Gasteiger partial charge in [0, 0.05) is 0 Å². The van der Waals surface area contributed by atoms with Gasteiger partial charge >= 0.3 is 0 Å². The minimum absolute atomic E-state index is 0.00323. The van der Waals surface area contributed by atoms with Crippen LogP contribution in [0.25, 0.3) is 0 Å². The summed E-state index contributed by atoms with van der Waals surface area (Å²) < 4.78 is 7.10. The number of rotatable bonds is 13. The number of unbranched alkanes of at least 4 members (excludes halogenated alkanes) is 4. The van der Waals surface area contributed by atoms with E-state index in [1.54, 1.807) is 0 Å². The van der Waals surface area contributed by atoms with Crippen LogP contribution in [0.15, 0.2) is 115 Å². The quantitative estimate of drug-likeness (QED) is 0.127. The van der Waals surface area contributed by atoms with Crippen molar-refractivity contribution in [2.24, 2.45) is 0 Å². The molecule has 38 heavy (non-hydrogen) atoms. The Morgan fingerprint density at radius 1 is 0.474 bits per heavy atom. The van der Waals surface area contributed by atoms with E-state index in [0.717, 1.165) is 6.42 Å². The zero-order valence-corrected chi connectivity index (χ0v) is 24.5. The minimum Gasteiger partial charge on any atom is -0.403 e. The molecule has 0 bridgehead atoms. The minimum atomic E-state index is -2.50. The first-order chi connectivity index (χ1) is 18.5. The molecule has 0 saturated heterocycles. The van der Waals surface area contributed by atoms with Gasteiger partial charge in [-0.2, -0.15) is 0 Å². The highest BCUT2D eigenvalue weighted by atomic mass is 28.4. The SMILES string of the molecule is CC(C)(C)[Si](OCc1ccc(CCCCCCCc2ccccc2)cc1)(c1ccccc1)c1ccccc1. The largest absolute Gasteiger partial charge is 0.403 e. The molecule has 0 radical (unpaired) electrons. The van der Waals surface area contributed by atoms with E-state index in [4.69, 9.17) is 4.43 Å². The Labute approximate surface area is 232 Å². The molecule has 0 aromatic heterocycles. The van der Waals surface area contributed by atoms with Gasteiger partial charge in [-0.1, -0.05) is 155 Å². The fourth-order valence-corrected chi connectivity index (χ4v) is 10.1. The average molecular weight is 521 g/mol. The fraction of sp³-hybridized carbons (Fsp3) is 0.333. The zero-order chi connectivity index (χ0) is 26.7. The standard InChI is InChI=1S/C36H44OSi/c1-36(2,3)38(34-22-14-8-15-23-34,35-24-16-9-17-25-35)37-30-33-28-26-32(27-29-33)21-11-6-4-5-10-18-31-19-12-7-13-20-31/h7-9,12-17,19-20,22-29H,4-6,10-11,18,21,30H2,1-3H3. The van der Waals surface area contributed by atoms with Crippen molar-refractivity contribution in [3.8, 4) is 0 Å². The first-order valence-electron chi connectivity index (χ1n) is 14.4. The molecule has 2 heteroatoms. The summed E-state index contributed by atoms with van der Waals surface area (Å²) in [5.41, 5.74) is 4.15. The second kappa shape index (κ2) is 13.7. The summed E-state index contributed by atoms with van der Waals surface area (Å²) in [5.74, 6) is 0. The molecule has 4 aromatic carbocycles. The molecule has 0 unspecified atom stereocenters. The molecule has 4 aromatic rings. The van der Waals surface area contributed by atoms with Crippen molar-refractivity contribution in [1.82, 2.24) is 0 Å². The molecule has 0 heterocycles. The second-order valence-corrected chi connectivity index (χ2v) is 15.8. The van der Waals surface area contributed by atoms with Crippen LogP contribution in [0.3, 0.4) is 0 Å². The number of hydrogen-bond acceptors (Lipinski definition) is 1. The van der Waals surface area contributed by atoms with Crippen molar-refractivity contribution < 1.29 is 4.43 Å². The third kappa shape index (κ3) is 7.33. The van der Waals surface area contributed by atoms with Crippen LogP contribution in [0.2, 0.25) is 5.04 Å². The van der Waals surface area contributed by atoms with E-state index < -0.39 is 8.32 Å². The van der Waals surface area contributed by atoms with Crippen molar-refractivity contribution >= 4 is 18.7 Å². The predicted molar refractivity (Wildman–Crippen MR) is 166 cm³/mol. The summed E-state index contributed by atoms with van der Waals surface area (Å²) in [6, 6.07) is 41.8. The molecule has 0 N–H and O–H groups in total. The van der Waals surface area contributed by atoms with Gasteiger partial charge in [0.1, 0.15) is 0 Å². The molecule has 1 nitrogen and oxygen atoms in total. The van der Waals surface area contributed by atoms with Gasteiger partial charge in [-0.25, -0.2) is 0 Å². The highest BCUT2D eigenvalue weighted by Gasteiger charge is 2.50. The van der Waals surface area contributed by atoms with Gasteiger partial charge in [0.25, 0.3) is 8.32 Å². The van der Waals surface area contributed by atoms with E-state index in [1.165, 1.54) is 65.6 Å². The Balaban J connectivity index is 1.32. The molecule has 0 aliphatic carbocycles. The molecule has 0 fully saturated rings. The summed E-state index contributed by atoms with van der Waals surface area (Å²) in [6.07, 6.45) is 8.90. The van der Waals surface area contributed by atoms with Crippen LogP contribution in [-0.2, 0) is 23.9 Å². The van der Waals surface area contributed by atoms with Crippen LogP contribution in [0.4, 0.5) is 0 Å². The molecule has 0 saturated carbocycles. The molecule has 198 valence electrons. The third-order valence-corrected chi connectivity index (χ3v) is 12.7. The predicted octanol–water partition coefficient (Wildman–Crippen LogP) is 8.50. The monoisotopic (exact) mass is 520 g/mol. The maximum absolute atomic E-state index is 7.10. The number of benzene rings is 4. The molecule has 4 rings (SSSR count). The van der Waals surface area contributed by atoms with Crippen LogP contribution in [0.1, 0.15) is 69.6 Å². The molecule has 0 atom stereocenters. The van der Waals surface area contributed by atoms with Crippen LogP contribution in [-0.4, -0.2) is 8.32 Å². The van der Waals surface area contributed by atoms with E-state index in [0.29, 0.717) is 6.61 Å². The molecule has 0 aliphatic rings. The van der Waals surface area contributed by atoms with Crippen LogP contribution < -0.4 is 10.4 Å². The summed E-state index contributed by atoms with van der Waals surface area (Å²) in [5, 5.41) is 2.66. The maximum Gasteiger partial charge on any atom is 0.261 e. The Hall–Kier alpha value is -2.94. The molecular formula is C36H44OSi. The van der Waals surface area contributed by atoms with Crippen molar-refractivity contribution in [1.29, 1.82) is 0 Å². The fourth-order valence-electron chi connectivity index (χ4n) is 5.59. The maximum atomic E-state index is 7.10. The Morgan fingerprint density at radius 3 is 1.34 bits per heavy atom. The van der Waals surface area contributed by atoms with E-state index in [9.17, 15) is 0 Å². The number of aryl methyl sites for hydroxylation is 2. The van der Waals surface area contributed by atoms with E-state index in [-0.39, 0.29) is 5.04 Å². The van der Waals surface area contributed by atoms with E-state index in [1.807, 2.05) is 0 Å². The second-order valence-electron chi connectivity index (χ2n) is 11.5. The van der Waals surface area contributed by atoms with Gasteiger partial charge < -0.3 is 4.43 Å². The third-order valence-electron chi connectivity index (χ3n) is 7.67. The van der Waals surface area contributed by atoms with E-state index >= 15 is 0 Å². The first kappa shape index (κ1) is 28.1. The van der Waals surface area contributed by atoms with Crippen molar-refractivity contribution in [3.05, 3.63) is 132 Å². The van der Waals surface area contributed by atoms with Crippen molar-refractivity contribution in [2.45, 2.75) is 77.4 Å². The van der Waals surface area contributed by atoms with Crippen LogP contribution in [0, 0.1) is 0 Å². The highest BCUT2D eigenvalue weighted by molar-refractivity contribution is 6.99. The average Bonchev–Trinajstić information content (AvgIpc) is 2.94. The lowest BCUT2D eigenvalue weighted by Gasteiger charge is -2.43. The highest BCUT2D eigenvalue weighted by Crippen LogP contribution is 2.37. The van der Waals surface area contributed by atoms with Gasteiger partial charge in [0.15, 0.2) is 0 Å². The smallest absolute Gasteiger partial charge is 0.261 e. The van der Waals surface area contributed by atoms with Crippen molar-refractivity contribution in [3.63, 3.8) is 0 Å².